The van der Waals surface area contributed by atoms with Gasteiger partial charge in [-0.25, -0.2) is 4.39 Å². The molecular formula is C19H19FN2O3. The maximum atomic E-state index is 13.0. The van der Waals surface area contributed by atoms with E-state index in [4.69, 9.17) is 4.74 Å². The minimum atomic E-state index is -0.538. The summed E-state index contributed by atoms with van der Waals surface area (Å²) in [6.07, 6.45) is 1.36. The number of methoxy groups -OCH3 is 1. The topological polar surface area (TPSA) is 58.6 Å². The van der Waals surface area contributed by atoms with Gasteiger partial charge in [-0.15, -0.1) is 0 Å². The average Bonchev–Trinajstić information content (AvgIpc) is 3.13. The number of amides is 2. The molecule has 130 valence electrons. The molecule has 1 fully saturated rings. The Morgan fingerprint density at radius 2 is 1.96 bits per heavy atom. The molecule has 1 saturated heterocycles. The summed E-state index contributed by atoms with van der Waals surface area (Å²) in [5, 5.41) is 2.75. The highest BCUT2D eigenvalue weighted by molar-refractivity contribution is 6.01. The third-order valence-electron chi connectivity index (χ3n) is 4.24. The zero-order chi connectivity index (χ0) is 17.8. The molecule has 0 spiro atoms. The second-order valence-corrected chi connectivity index (χ2v) is 5.88. The minimum absolute atomic E-state index is 0.198. The molecule has 2 aromatic rings. The fraction of sp³-hybridized carbons (Fsp3) is 0.263. The summed E-state index contributed by atoms with van der Waals surface area (Å²) >= 11 is 0. The molecule has 1 heterocycles. The number of carbonyl (C=O) groups is 2. The maximum Gasteiger partial charge on any atom is 0.254 e. The molecule has 0 aromatic heterocycles. The number of halogens is 1. The van der Waals surface area contributed by atoms with Crippen molar-refractivity contribution in [2.45, 2.75) is 18.9 Å². The Bertz CT molecular complexity index is 776. The molecule has 1 N–H and O–H groups in total. The van der Waals surface area contributed by atoms with Crippen LogP contribution in [0.4, 0.5) is 10.1 Å². The van der Waals surface area contributed by atoms with Crippen LogP contribution in [0.1, 0.15) is 23.2 Å². The van der Waals surface area contributed by atoms with Crippen molar-refractivity contribution in [2.75, 3.05) is 19.0 Å². The SMILES string of the molecule is COc1cccc(C(=O)N2CCCC2C(=O)Nc2ccc(F)cc2)c1. The van der Waals surface area contributed by atoms with Crippen LogP contribution >= 0.6 is 0 Å². The lowest BCUT2D eigenvalue weighted by Crippen LogP contribution is -2.43. The predicted molar refractivity (Wildman–Crippen MR) is 92.1 cm³/mol. The zero-order valence-electron chi connectivity index (χ0n) is 13.9. The highest BCUT2D eigenvalue weighted by Gasteiger charge is 2.34. The Labute approximate surface area is 145 Å². The van der Waals surface area contributed by atoms with Crippen LogP contribution < -0.4 is 10.1 Å². The van der Waals surface area contributed by atoms with E-state index < -0.39 is 6.04 Å². The number of hydrogen-bond acceptors (Lipinski definition) is 3. The molecule has 0 radical (unpaired) electrons. The highest BCUT2D eigenvalue weighted by atomic mass is 19.1. The van der Waals surface area contributed by atoms with Gasteiger partial charge in [0.15, 0.2) is 0 Å². The molecule has 5 nitrogen and oxygen atoms in total. The third-order valence-corrected chi connectivity index (χ3v) is 4.24. The van der Waals surface area contributed by atoms with Gasteiger partial charge >= 0.3 is 0 Å². The molecule has 2 amide bonds. The second-order valence-electron chi connectivity index (χ2n) is 5.88. The summed E-state index contributed by atoms with van der Waals surface area (Å²) in [6, 6.07) is 11.9. The third kappa shape index (κ3) is 3.79. The lowest BCUT2D eigenvalue weighted by atomic mass is 10.1. The van der Waals surface area contributed by atoms with E-state index in [1.165, 1.54) is 24.3 Å². The smallest absolute Gasteiger partial charge is 0.254 e. The van der Waals surface area contributed by atoms with Crippen molar-refractivity contribution in [3.05, 3.63) is 59.9 Å². The molecule has 1 aliphatic rings. The van der Waals surface area contributed by atoms with Gasteiger partial charge < -0.3 is 15.0 Å². The summed E-state index contributed by atoms with van der Waals surface area (Å²) < 4.78 is 18.1. The highest BCUT2D eigenvalue weighted by Crippen LogP contribution is 2.23. The number of rotatable bonds is 4. The fourth-order valence-corrected chi connectivity index (χ4v) is 2.96. The van der Waals surface area contributed by atoms with Gasteiger partial charge in [-0.3, -0.25) is 9.59 Å². The predicted octanol–water partition coefficient (Wildman–Crippen LogP) is 3.08. The van der Waals surface area contributed by atoms with Gasteiger partial charge in [0.05, 0.1) is 7.11 Å². The second kappa shape index (κ2) is 7.34. The minimum Gasteiger partial charge on any atom is -0.497 e. The van der Waals surface area contributed by atoms with Gasteiger partial charge in [0.25, 0.3) is 5.91 Å². The molecule has 2 aromatic carbocycles. The van der Waals surface area contributed by atoms with Gasteiger partial charge in [0.1, 0.15) is 17.6 Å². The van der Waals surface area contributed by atoms with Crippen molar-refractivity contribution in [3.8, 4) is 5.75 Å². The van der Waals surface area contributed by atoms with Crippen LogP contribution in [0.15, 0.2) is 48.5 Å². The van der Waals surface area contributed by atoms with Crippen molar-refractivity contribution in [1.82, 2.24) is 4.90 Å². The normalized spacial score (nSPS) is 16.6. The van der Waals surface area contributed by atoms with Gasteiger partial charge in [0, 0.05) is 17.8 Å². The summed E-state index contributed by atoms with van der Waals surface area (Å²) in [5.41, 5.74) is 0.993. The average molecular weight is 342 g/mol. The van der Waals surface area contributed by atoms with E-state index in [1.54, 1.807) is 36.3 Å². The van der Waals surface area contributed by atoms with Crippen LogP contribution in [0.3, 0.4) is 0 Å². The van der Waals surface area contributed by atoms with Crippen LogP contribution in [0.2, 0.25) is 0 Å². The molecule has 1 unspecified atom stereocenters. The summed E-state index contributed by atoms with van der Waals surface area (Å²) in [5.74, 6) is -0.234. The number of nitrogens with one attached hydrogen (secondary N) is 1. The first-order valence-corrected chi connectivity index (χ1v) is 8.10. The van der Waals surface area contributed by atoms with Crippen LogP contribution in [0, 0.1) is 5.82 Å². The van der Waals surface area contributed by atoms with E-state index in [2.05, 4.69) is 5.32 Å². The number of anilines is 1. The van der Waals surface area contributed by atoms with Crippen molar-refractivity contribution in [3.63, 3.8) is 0 Å². The van der Waals surface area contributed by atoms with E-state index in [0.29, 0.717) is 30.0 Å². The number of nitrogens with zero attached hydrogens (tertiary/aromatic N) is 1. The van der Waals surface area contributed by atoms with Gasteiger partial charge in [-0.2, -0.15) is 0 Å². The van der Waals surface area contributed by atoms with Gasteiger partial charge in [0.2, 0.25) is 5.91 Å². The Kier molecular flexibility index (Phi) is 4.97. The first kappa shape index (κ1) is 17.0. The molecule has 6 heteroatoms. The van der Waals surface area contributed by atoms with Gasteiger partial charge in [-0.05, 0) is 55.3 Å². The molecule has 3 rings (SSSR count). The maximum absolute atomic E-state index is 13.0. The Morgan fingerprint density at radius 1 is 1.20 bits per heavy atom. The fourth-order valence-electron chi connectivity index (χ4n) is 2.96. The van der Waals surface area contributed by atoms with Crippen molar-refractivity contribution >= 4 is 17.5 Å². The van der Waals surface area contributed by atoms with Crippen LogP contribution in [-0.4, -0.2) is 36.4 Å². The van der Waals surface area contributed by atoms with E-state index >= 15 is 0 Å². The first-order valence-electron chi connectivity index (χ1n) is 8.10. The standard InChI is InChI=1S/C19H19FN2O3/c1-25-16-5-2-4-13(12-16)19(24)22-11-3-6-17(22)18(23)21-15-9-7-14(20)8-10-15/h2,4-5,7-10,12,17H,3,6,11H2,1H3,(H,21,23). The lowest BCUT2D eigenvalue weighted by Gasteiger charge is -2.24. The molecule has 0 aliphatic carbocycles. The monoisotopic (exact) mass is 342 g/mol. The zero-order valence-corrected chi connectivity index (χ0v) is 13.9. The Hall–Kier alpha value is -2.89. The van der Waals surface area contributed by atoms with E-state index in [9.17, 15) is 14.0 Å². The number of benzene rings is 2. The number of ether oxygens (including phenoxy) is 1. The summed E-state index contributed by atoms with van der Waals surface area (Å²) in [7, 11) is 1.54. The van der Waals surface area contributed by atoms with Crippen molar-refractivity contribution in [1.29, 1.82) is 0 Å². The Morgan fingerprint density at radius 3 is 2.68 bits per heavy atom. The molecule has 25 heavy (non-hydrogen) atoms. The lowest BCUT2D eigenvalue weighted by molar-refractivity contribution is -0.119. The molecule has 1 atom stereocenters. The van der Waals surface area contributed by atoms with Crippen molar-refractivity contribution in [2.24, 2.45) is 0 Å². The largest absolute Gasteiger partial charge is 0.497 e. The molecule has 0 bridgehead atoms. The van der Waals surface area contributed by atoms with E-state index in [0.717, 1.165) is 6.42 Å². The molecule has 0 saturated carbocycles. The number of hydrogen-bond donors (Lipinski definition) is 1. The van der Waals surface area contributed by atoms with Crippen LogP contribution in [-0.2, 0) is 4.79 Å². The Balaban J connectivity index is 1.73. The number of likely N-dealkylation sites (tertiary alicyclic amines) is 1. The molecular weight excluding hydrogens is 323 g/mol. The van der Waals surface area contributed by atoms with E-state index in [-0.39, 0.29) is 17.6 Å². The van der Waals surface area contributed by atoms with Crippen LogP contribution in [0.5, 0.6) is 5.75 Å². The summed E-state index contributed by atoms with van der Waals surface area (Å²) in [6.45, 7) is 0.525. The summed E-state index contributed by atoms with van der Waals surface area (Å²) in [4.78, 5) is 26.9. The van der Waals surface area contributed by atoms with Crippen LogP contribution in [0.25, 0.3) is 0 Å². The van der Waals surface area contributed by atoms with Gasteiger partial charge in [-0.1, -0.05) is 6.07 Å². The molecule has 1 aliphatic heterocycles. The van der Waals surface area contributed by atoms with Crippen molar-refractivity contribution < 1.29 is 18.7 Å². The quantitative estimate of drug-likeness (QED) is 0.929. The number of carbonyl (C=O) groups excluding carboxylic acids is 2. The van der Waals surface area contributed by atoms with E-state index in [1.807, 2.05) is 0 Å². The first-order chi connectivity index (χ1) is 12.1.